The standard InChI is InChI=1S/C18H16FN3O2/c1-2-22-15-8-7-12(9-11(15)10-16(22)17(20)23)21-18(24)13-5-3-4-6-14(13)19/h3-10H,2H2,1H3,(H2,20,23)(H,21,24). The van der Waals surface area contributed by atoms with E-state index in [2.05, 4.69) is 5.32 Å². The first-order valence-electron chi connectivity index (χ1n) is 7.50. The van der Waals surface area contributed by atoms with Gasteiger partial charge in [-0.3, -0.25) is 9.59 Å². The van der Waals surface area contributed by atoms with Gasteiger partial charge in [0.15, 0.2) is 0 Å². The van der Waals surface area contributed by atoms with Crippen molar-refractivity contribution in [1.29, 1.82) is 0 Å². The lowest BCUT2D eigenvalue weighted by molar-refractivity contribution is 0.0989. The van der Waals surface area contributed by atoms with E-state index in [0.717, 1.165) is 10.9 Å². The van der Waals surface area contributed by atoms with Crippen molar-refractivity contribution in [3.8, 4) is 0 Å². The highest BCUT2D eigenvalue weighted by molar-refractivity contribution is 6.06. The fourth-order valence-corrected chi connectivity index (χ4v) is 2.74. The molecular formula is C18H16FN3O2. The monoisotopic (exact) mass is 325 g/mol. The van der Waals surface area contributed by atoms with Crippen molar-refractivity contribution in [2.75, 3.05) is 5.32 Å². The van der Waals surface area contributed by atoms with Crippen LogP contribution in [0.25, 0.3) is 10.9 Å². The summed E-state index contributed by atoms with van der Waals surface area (Å²) in [6.07, 6.45) is 0. The Kier molecular flexibility index (Phi) is 4.04. The first-order valence-corrected chi connectivity index (χ1v) is 7.50. The number of aryl methyl sites for hydroxylation is 1. The predicted octanol–water partition coefficient (Wildman–Crippen LogP) is 3.15. The summed E-state index contributed by atoms with van der Waals surface area (Å²) in [7, 11) is 0. The summed E-state index contributed by atoms with van der Waals surface area (Å²) < 4.78 is 15.5. The number of halogens is 1. The molecule has 2 aromatic carbocycles. The molecule has 1 aromatic heterocycles. The highest BCUT2D eigenvalue weighted by Gasteiger charge is 2.14. The summed E-state index contributed by atoms with van der Waals surface area (Å²) in [5.74, 6) is -1.62. The van der Waals surface area contributed by atoms with Crippen molar-refractivity contribution in [2.45, 2.75) is 13.5 Å². The molecule has 0 unspecified atom stereocenters. The third-order valence-electron chi connectivity index (χ3n) is 3.85. The van der Waals surface area contributed by atoms with Crippen LogP contribution < -0.4 is 11.1 Å². The van der Waals surface area contributed by atoms with Gasteiger partial charge in [-0.15, -0.1) is 0 Å². The van der Waals surface area contributed by atoms with Gasteiger partial charge >= 0.3 is 0 Å². The van der Waals surface area contributed by atoms with Gasteiger partial charge in [0.2, 0.25) is 0 Å². The predicted molar refractivity (Wildman–Crippen MR) is 90.5 cm³/mol. The maximum absolute atomic E-state index is 13.7. The second-order valence-corrected chi connectivity index (χ2v) is 5.35. The number of anilines is 1. The van der Waals surface area contributed by atoms with Gasteiger partial charge in [-0.05, 0) is 43.3 Å². The van der Waals surface area contributed by atoms with Crippen molar-refractivity contribution in [3.05, 3.63) is 65.6 Å². The molecule has 0 radical (unpaired) electrons. The Bertz CT molecular complexity index is 947. The van der Waals surface area contributed by atoms with Crippen molar-refractivity contribution < 1.29 is 14.0 Å². The molecule has 24 heavy (non-hydrogen) atoms. The maximum atomic E-state index is 13.7. The number of hydrogen-bond acceptors (Lipinski definition) is 2. The lowest BCUT2D eigenvalue weighted by Gasteiger charge is -2.08. The van der Waals surface area contributed by atoms with Gasteiger partial charge in [-0.25, -0.2) is 4.39 Å². The third-order valence-corrected chi connectivity index (χ3v) is 3.85. The lowest BCUT2D eigenvalue weighted by atomic mass is 10.2. The summed E-state index contributed by atoms with van der Waals surface area (Å²) in [6.45, 7) is 2.52. The summed E-state index contributed by atoms with van der Waals surface area (Å²) in [5, 5.41) is 3.44. The van der Waals surface area contributed by atoms with Crippen LogP contribution in [0, 0.1) is 5.82 Å². The van der Waals surface area contributed by atoms with Crippen LogP contribution in [0.5, 0.6) is 0 Å². The minimum absolute atomic E-state index is 0.0263. The molecular weight excluding hydrogens is 309 g/mol. The molecule has 1 heterocycles. The van der Waals surface area contributed by atoms with Gasteiger partial charge in [0.05, 0.1) is 5.56 Å². The van der Waals surface area contributed by atoms with E-state index in [4.69, 9.17) is 5.73 Å². The number of aromatic nitrogens is 1. The number of carbonyl (C=O) groups is 2. The van der Waals surface area contributed by atoms with Crippen molar-refractivity contribution in [1.82, 2.24) is 4.57 Å². The maximum Gasteiger partial charge on any atom is 0.265 e. The average molecular weight is 325 g/mol. The van der Waals surface area contributed by atoms with Gasteiger partial charge in [0.1, 0.15) is 11.5 Å². The van der Waals surface area contributed by atoms with E-state index in [1.165, 1.54) is 18.2 Å². The number of nitrogens with one attached hydrogen (secondary N) is 1. The van der Waals surface area contributed by atoms with E-state index in [-0.39, 0.29) is 5.56 Å². The quantitative estimate of drug-likeness (QED) is 0.773. The van der Waals surface area contributed by atoms with Crippen molar-refractivity contribution in [3.63, 3.8) is 0 Å². The number of primary amides is 1. The number of carbonyl (C=O) groups excluding carboxylic acids is 2. The van der Waals surface area contributed by atoms with Crippen LogP contribution in [-0.2, 0) is 6.54 Å². The summed E-state index contributed by atoms with van der Waals surface area (Å²) >= 11 is 0. The van der Waals surface area contributed by atoms with Crippen LogP contribution in [0.3, 0.4) is 0 Å². The van der Waals surface area contributed by atoms with Gasteiger partial charge in [-0.2, -0.15) is 0 Å². The van der Waals surface area contributed by atoms with Crippen LogP contribution in [0.4, 0.5) is 10.1 Å². The molecule has 2 amide bonds. The molecule has 3 aromatic rings. The number of nitrogens with zero attached hydrogens (tertiary/aromatic N) is 1. The molecule has 3 rings (SSSR count). The Morgan fingerprint density at radius 3 is 2.58 bits per heavy atom. The molecule has 0 aliphatic rings. The zero-order valence-electron chi connectivity index (χ0n) is 13.0. The smallest absolute Gasteiger partial charge is 0.265 e. The number of fused-ring (bicyclic) bond motifs is 1. The van der Waals surface area contributed by atoms with Crippen LogP contribution in [0.2, 0.25) is 0 Å². The Labute approximate surface area is 137 Å². The Morgan fingerprint density at radius 2 is 1.92 bits per heavy atom. The normalized spacial score (nSPS) is 10.8. The minimum Gasteiger partial charge on any atom is -0.364 e. The van der Waals surface area contributed by atoms with Gasteiger partial charge in [-0.1, -0.05) is 12.1 Å². The summed E-state index contributed by atoms with van der Waals surface area (Å²) in [4.78, 5) is 23.7. The lowest BCUT2D eigenvalue weighted by Crippen LogP contribution is -2.16. The second kappa shape index (κ2) is 6.16. The molecule has 0 saturated carbocycles. The van der Waals surface area contributed by atoms with E-state index in [1.54, 1.807) is 34.9 Å². The van der Waals surface area contributed by atoms with Crippen LogP contribution in [0.15, 0.2) is 48.5 Å². The molecule has 0 fully saturated rings. The molecule has 0 spiro atoms. The third kappa shape index (κ3) is 2.74. The molecule has 5 nitrogen and oxygen atoms in total. The van der Waals surface area contributed by atoms with Crippen LogP contribution in [0.1, 0.15) is 27.8 Å². The molecule has 0 aliphatic carbocycles. The zero-order chi connectivity index (χ0) is 17.3. The minimum atomic E-state index is -0.579. The first-order chi connectivity index (χ1) is 11.5. The molecule has 3 N–H and O–H groups in total. The van der Waals surface area contributed by atoms with E-state index in [9.17, 15) is 14.0 Å². The topological polar surface area (TPSA) is 77.1 Å². The van der Waals surface area contributed by atoms with Crippen LogP contribution >= 0.6 is 0 Å². The Morgan fingerprint density at radius 1 is 1.17 bits per heavy atom. The Balaban J connectivity index is 1.95. The Hall–Kier alpha value is -3.15. The molecule has 0 bridgehead atoms. The molecule has 0 atom stereocenters. The number of nitrogens with two attached hydrogens (primary N) is 1. The summed E-state index contributed by atoms with van der Waals surface area (Å²) in [5.41, 5.74) is 7.13. The zero-order valence-corrected chi connectivity index (χ0v) is 13.0. The van der Waals surface area contributed by atoms with Crippen LogP contribution in [-0.4, -0.2) is 16.4 Å². The summed E-state index contributed by atoms with van der Waals surface area (Å²) in [6, 6.07) is 12.7. The van der Waals surface area contributed by atoms with Crippen molar-refractivity contribution in [2.24, 2.45) is 5.73 Å². The fourth-order valence-electron chi connectivity index (χ4n) is 2.74. The average Bonchev–Trinajstić information content (AvgIpc) is 2.93. The number of hydrogen-bond donors (Lipinski definition) is 2. The highest BCUT2D eigenvalue weighted by atomic mass is 19.1. The van der Waals surface area contributed by atoms with E-state index in [0.29, 0.717) is 17.9 Å². The highest BCUT2D eigenvalue weighted by Crippen LogP contribution is 2.24. The first kappa shape index (κ1) is 15.7. The van der Waals surface area contributed by atoms with Gasteiger partial charge in [0.25, 0.3) is 11.8 Å². The van der Waals surface area contributed by atoms with E-state index in [1.807, 2.05) is 6.92 Å². The van der Waals surface area contributed by atoms with E-state index < -0.39 is 17.6 Å². The fraction of sp³-hybridized carbons (Fsp3) is 0.111. The van der Waals surface area contributed by atoms with E-state index >= 15 is 0 Å². The van der Waals surface area contributed by atoms with Gasteiger partial charge in [0, 0.05) is 23.1 Å². The van der Waals surface area contributed by atoms with Crippen molar-refractivity contribution >= 4 is 28.4 Å². The number of rotatable bonds is 4. The molecule has 6 heteroatoms. The second-order valence-electron chi connectivity index (χ2n) is 5.35. The largest absolute Gasteiger partial charge is 0.364 e. The van der Waals surface area contributed by atoms with Gasteiger partial charge < -0.3 is 15.6 Å². The molecule has 0 aliphatic heterocycles. The molecule has 122 valence electrons. The number of benzene rings is 2. The SMILES string of the molecule is CCn1c(C(N)=O)cc2cc(NC(=O)c3ccccc3F)ccc21. The molecule has 0 saturated heterocycles. The number of amides is 2.